The van der Waals surface area contributed by atoms with Gasteiger partial charge < -0.3 is 15.4 Å². The maximum absolute atomic E-state index is 12.8. The minimum Gasteiger partial charge on any atom is -0.492 e. The topological polar surface area (TPSA) is 50.4 Å². The molecule has 1 aliphatic rings. The van der Waals surface area contributed by atoms with Crippen molar-refractivity contribution in [2.45, 2.75) is 38.8 Å². The fourth-order valence-electron chi connectivity index (χ4n) is 3.05. The third kappa shape index (κ3) is 3.97. The Hall–Kier alpha value is -1.85. The highest BCUT2D eigenvalue weighted by atomic mass is 32.1. The van der Waals surface area contributed by atoms with Gasteiger partial charge in [-0.25, -0.2) is 0 Å². The van der Waals surface area contributed by atoms with Gasteiger partial charge in [-0.2, -0.15) is 0 Å². The quantitative estimate of drug-likeness (QED) is 0.870. The molecule has 5 heteroatoms. The summed E-state index contributed by atoms with van der Waals surface area (Å²) >= 11 is 1.50. The van der Waals surface area contributed by atoms with Gasteiger partial charge in [0.15, 0.2) is 0 Å². The number of amides is 1. The van der Waals surface area contributed by atoms with Crippen molar-refractivity contribution in [1.82, 2.24) is 10.6 Å². The summed E-state index contributed by atoms with van der Waals surface area (Å²) < 4.78 is 5.71. The first kappa shape index (κ1) is 17.0. The smallest absolute Gasteiger partial charge is 0.265 e. The van der Waals surface area contributed by atoms with Crippen LogP contribution in [0.1, 0.15) is 36.4 Å². The third-order valence-electron chi connectivity index (χ3n) is 4.22. The molecule has 4 nitrogen and oxygen atoms in total. The number of piperidine rings is 1. The van der Waals surface area contributed by atoms with E-state index in [1.54, 1.807) is 0 Å². The fraction of sp³-hybridized carbons (Fsp3) is 0.421. The van der Waals surface area contributed by atoms with Gasteiger partial charge in [0.2, 0.25) is 0 Å². The van der Waals surface area contributed by atoms with E-state index in [1.165, 1.54) is 11.3 Å². The Morgan fingerprint density at radius 1 is 1.38 bits per heavy atom. The molecule has 3 rings (SSSR count). The molecule has 0 spiro atoms. The minimum absolute atomic E-state index is 0.0234. The standard InChI is InChI=1S/C19H24N2O2S/c1-3-23-16-12-17(14-7-5-4-6-8-14)24-18(16)19(22)21-15-9-10-20-13(2)11-15/h4-8,12-13,15,20H,3,9-11H2,1-2H3,(H,21,22). The summed E-state index contributed by atoms with van der Waals surface area (Å²) in [5.74, 6) is 0.658. The SMILES string of the molecule is CCOc1cc(-c2ccccc2)sc1C(=O)NC1CCNC(C)C1. The molecule has 24 heavy (non-hydrogen) atoms. The molecular formula is C19H24N2O2S. The van der Waals surface area contributed by atoms with E-state index < -0.39 is 0 Å². The van der Waals surface area contributed by atoms with Crippen molar-refractivity contribution in [3.8, 4) is 16.2 Å². The van der Waals surface area contributed by atoms with Gasteiger partial charge in [-0.1, -0.05) is 30.3 Å². The number of carbonyl (C=O) groups is 1. The van der Waals surface area contributed by atoms with Crippen LogP contribution in [0.5, 0.6) is 5.75 Å². The number of thiophene rings is 1. The summed E-state index contributed by atoms with van der Waals surface area (Å²) in [5, 5.41) is 6.59. The number of carbonyl (C=O) groups excluding carboxylic acids is 1. The summed E-state index contributed by atoms with van der Waals surface area (Å²) in [6.45, 7) is 5.60. The van der Waals surface area contributed by atoms with Crippen LogP contribution in [-0.4, -0.2) is 31.1 Å². The maximum atomic E-state index is 12.8. The van der Waals surface area contributed by atoms with Crippen LogP contribution in [0.25, 0.3) is 10.4 Å². The van der Waals surface area contributed by atoms with E-state index in [0.717, 1.165) is 29.8 Å². The van der Waals surface area contributed by atoms with E-state index in [1.807, 2.05) is 31.2 Å². The molecule has 1 fully saturated rings. The van der Waals surface area contributed by atoms with Gasteiger partial charge >= 0.3 is 0 Å². The molecule has 2 unspecified atom stereocenters. The summed E-state index contributed by atoms with van der Waals surface area (Å²) in [7, 11) is 0. The van der Waals surface area contributed by atoms with Crippen LogP contribution < -0.4 is 15.4 Å². The molecule has 2 N–H and O–H groups in total. The molecular weight excluding hydrogens is 320 g/mol. The molecule has 1 aliphatic heterocycles. The number of rotatable bonds is 5. The first-order chi connectivity index (χ1) is 11.7. The third-order valence-corrected chi connectivity index (χ3v) is 5.39. The van der Waals surface area contributed by atoms with Gasteiger partial charge in [-0.3, -0.25) is 4.79 Å². The van der Waals surface area contributed by atoms with Crippen LogP contribution in [0.2, 0.25) is 0 Å². The lowest BCUT2D eigenvalue weighted by Crippen LogP contribution is -2.46. The predicted molar refractivity (Wildman–Crippen MR) is 98.9 cm³/mol. The predicted octanol–water partition coefficient (Wildman–Crippen LogP) is 3.68. The molecule has 0 bridgehead atoms. The Labute approximate surface area is 147 Å². The van der Waals surface area contributed by atoms with Crippen molar-refractivity contribution in [3.63, 3.8) is 0 Å². The first-order valence-electron chi connectivity index (χ1n) is 8.53. The van der Waals surface area contributed by atoms with Gasteiger partial charge in [0, 0.05) is 17.0 Å². The Kier molecular flexibility index (Phi) is 5.53. The lowest BCUT2D eigenvalue weighted by Gasteiger charge is -2.28. The lowest BCUT2D eigenvalue weighted by molar-refractivity contribution is 0.0926. The van der Waals surface area contributed by atoms with E-state index in [9.17, 15) is 4.79 Å². The Balaban J connectivity index is 1.80. The summed E-state index contributed by atoms with van der Waals surface area (Å²) in [6, 6.07) is 12.8. The van der Waals surface area contributed by atoms with Crippen molar-refractivity contribution in [2.24, 2.45) is 0 Å². The molecule has 1 amide bonds. The molecule has 2 heterocycles. The van der Waals surface area contributed by atoms with E-state index in [-0.39, 0.29) is 11.9 Å². The second kappa shape index (κ2) is 7.81. The van der Waals surface area contributed by atoms with Crippen LogP contribution in [0.15, 0.2) is 36.4 Å². The summed E-state index contributed by atoms with van der Waals surface area (Å²) in [4.78, 5) is 14.5. The average molecular weight is 344 g/mol. The zero-order chi connectivity index (χ0) is 16.9. The van der Waals surface area contributed by atoms with Gasteiger partial charge in [0.1, 0.15) is 10.6 Å². The van der Waals surface area contributed by atoms with Crippen molar-refractivity contribution in [2.75, 3.05) is 13.2 Å². The van der Waals surface area contributed by atoms with Crippen LogP contribution >= 0.6 is 11.3 Å². The van der Waals surface area contributed by atoms with Crippen molar-refractivity contribution >= 4 is 17.2 Å². The average Bonchev–Trinajstić information content (AvgIpc) is 3.00. The summed E-state index contributed by atoms with van der Waals surface area (Å²) in [5.41, 5.74) is 1.11. The van der Waals surface area contributed by atoms with Gasteiger partial charge in [-0.15, -0.1) is 11.3 Å². The molecule has 128 valence electrons. The number of ether oxygens (including phenoxy) is 1. The van der Waals surface area contributed by atoms with Crippen LogP contribution in [0.4, 0.5) is 0 Å². The molecule has 0 aliphatic carbocycles. The minimum atomic E-state index is -0.0234. The van der Waals surface area contributed by atoms with Crippen LogP contribution in [0, 0.1) is 0 Å². The van der Waals surface area contributed by atoms with Crippen molar-refractivity contribution in [3.05, 3.63) is 41.3 Å². The summed E-state index contributed by atoms with van der Waals surface area (Å²) in [6.07, 6.45) is 1.93. The second-order valence-corrected chi connectivity index (χ2v) is 7.21. The number of hydrogen-bond acceptors (Lipinski definition) is 4. The molecule has 1 aromatic carbocycles. The maximum Gasteiger partial charge on any atom is 0.265 e. The first-order valence-corrected chi connectivity index (χ1v) is 9.35. The van der Waals surface area contributed by atoms with Crippen LogP contribution in [0.3, 0.4) is 0 Å². The highest BCUT2D eigenvalue weighted by Crippen LogP contribution is 2.36. The molecule has 2 atom stereocenters. The molecule has 0 radical (unpaired) electrons. The van der Waals surface area contributed by atoms with Gasteiger partial charge in [-0.05, 0) is 44.9 Å². The zero-order valence-electron chi connectivity index (χ0n) is 14.2. The highest BCUT2D eigenvalue weighted by Gasteiger charge is 2.24. The normalized spacial score (nSPS) is 20.6. The number of nitrogens with one attached hydrogen (secondary N) is 2. The van der Waals surface area contributed by atoms with Gasteiger partial charge in [0.05, 0.1) is 6.61 Å². The monoisotopic (exact) mass is 344 g/mol. The molecule has 0 saturated carbocycles. The zero-order valence-corrected chi connectivity index (χ0v) is 15.0. The van der Waals surface area contributed by atoms with E-state index in [0.29, 0.717) is 23.3 Å². The van der Waals surface area contributed by atoms with Crippen molar-refractivity contribution in [1.29, 1.82) is 0 Å². The number of hydrogen-bond donors (Lipinski definition) is 2. The van der Waals surface area contributed by atoms with Crippen LogP contribution in [-0.2, 0) is 0 Å². The van der Waals surface area contributed by atoms with Gasteiger partial charge in [0.25, 0.3) is 5.91 Å². The van der Waals surface area contributed by atoms with Crippen molar-refractivity contribution < 1.29 is 9.53 Å². The molecule has 1 saturated heterocycles. The Morgan fingerprint density at radius 2 is 2.17 bits per heavy atom. The Morgan fingerprint density at radius 3 is 2.88 bits per heavy atom. The number of benzene rings is 1. The molecule has 2 aromatic rings. The van der Waals surface area contributed by atoms with E-state index in [2.05, 4.69) is 29.7 Å². The highest BCUT2D eigenvalue weighted by molar-refractivity contribution is 7.17. The Bertz CT molecular complexity index is 684. The molecule has 1 aromatic heterocycles. The van der Waals surface area contributed by atoms with E-state index in [4.69, 9.17) is 4.74 Å². The van der Waals surface area contributed by atoms with E-state index >= 15 is 0 Å². The lowest BCUT2D eigenvalue weighted by atomic mass is 10.0. The fourth-order valence-corrected chi connectivity index (χ4v) is 4.06. The largest absolute Gasteiger partial charge is 0.492 e. The second-order valence-electron chi connectivity index (χ2n) is 6.15.